The van der Waals surface area contributed by atoms with Crippen molar-refractivity contribution in [3.63, 3.8) is 0 Å². The summed E-state index contributed by atoms with van der Waals surface area (Å²) >= 11 is 0. The first-order chi connectivity index (χ1) is 23.3. The van der Waals surface area contributed by atoms with Gasteiger partial charge in [-0.2, -0.15) is 0 Å². The van der Waals surface area contributed by atoms with Crippen LogP contribution in [0.3, 0.4) is 0 Å². The summed E-state index contributed by atoms with van der Waals surface area (Å²) in [6, 6.07) is 17.5. The summed E-state index contributed by atoms with van der Waals surface area (Å²) < 4.78 is 6.45. The SMILES string of the molecule is CCCCCCCCCCCCCCCCCc1ccc(CCCCCCCCCCCCCCCCC)c(Oc2ccccc2)c1. The molecule has 47 heavy (non-hydrogen) atoms. The van der Waals surface area contributed by atoms with Crippen LogP contribution in [0.1, 0.15) is 218 Å². The molecule has 0 amide bonds. The Bertz CT molecular complexity index is 918. The average molecular weight is 647 g/mol. The second-order valence-corrected chi connectivity index (χ2v) is 14.8. The van der Waals surface area contributed by atoms with Crippen molar-refractivity contribution in [2.45, 2.75) is 219 Å². The normalized spacial score (nSPS) is 11.4. The lowest BCUT2D eigenvalue weighted by Gasteiger charge is -2.14. The zero-order valence-corrected chi connectivity index (χ0v) is 31.7. The first-order valence-corrected chi connectivity index (χ1v) is 21.2. The van der Waals surface area contributed by atoms with Crippen LogP contribution in [0.25, 0.3) is 0 Å². The highest BCUT2D eigenvalue weighted by Gasteiger charge is 2.08. The monoisotopic (exact) mass is 647 g/mol. The Morgan fingerprint density at radius 2 is 0.723 bits per heavy atom. The maximum Gasteiger partial charge on any atom is 0.130 e. The van der Waals surface area contributed by atoms with Crippen molar-refractivity contribution in [2.24, 2.45) is 0 Å². The number of hydrogen-bond acceptors (Lipinski definition) is 1. The topological polar surface area (TPSA) is 9.23 Å². The molecule has 0 spiro atoms. The maximum absolute atomic E-state index is 6.45. The molecule has 0 fully saturated rings. The highest BCUT2D eigenvalue weighted by molar-refractivity contribution is 5.41. The molecule has 0 saturated heterocycles. The van der Waals surface area contributed by atoms with Crippen molar-refractivity contribution >= 4 is 0 Å². The predicted octanol–water partition coefficient (Wildman–Crippen LogP) is 16.3. The molecular weight excluding hydrogens is 569 g/mol. The van der Waals surface area contributed by atoms with Crippen LogP contribution in [0.5, 0.6) is 11.5 Å². The van der Waals surface area contributed by atoms with Gasteiger partial charge in [-0.15, -0.1) is 0 Å². The van der Waals surface area contributed by atoms with Gasteiger partial charge in [0.25, 0.3) is 0 Å². The van der Waals surface area contributed by atoms with Crippen molar-refractivity contribution in [3.05, 3.63) is 59.7 Å². The van der Waals surface area contributed by atoms with E-state index in [9.17, 15) is 0 Å². The summed E-state index contributed by atoms with van der Waals surface area (Å²) in [5.74, 6) is 2.04. The summed E-state index contributed by atoms with van der Waals surface area (Å²) in [5, 5.41) is 0. The molecular formula is C46H78O. The van der Waals surface area contributed by atoms with E-state index < -0.39 is 0 Å². The highest BCUT2D eigenvalue weighted by atomic mass is 16.5. The Kier molecular flexibility index (Phi) is 27.8. The summed E-state index contributed by atoms with van der Waals surface area (Å²) in [5.41, 5.74) is 2.81. The second-order valence-electron chi connectivity index (χ2n) is 14.8. The van der Waals surface area contributed by atoms with Crippen LogP contribution in [0.4, 0.5) is 0 Å². The van der Waals surface area contributed by atoms with E-state index in [1.807, 2.05) is 0 Å². The van der Waals surface area contributed by atoms with Crippen LogP contribution in [-0.4, -0.2) is 0 Å². The Morgan fingerprint density at radius 3 is 1.13 bits per heavy atom. The van der Waals surface area contributed by atoms with E-state index in [-0.39, 0.29) is 0 Å². The summed E-state index contributed by atoms with van der Waals surface area (Å²) in [4.78, 5) is 0. The summed E-state index contributed by atoms with van der Waals surface area (Å²) in [6.07, 6.45) is 44.8. The Hall–Kier alpha value is -1.76. The molecule has 0 atom stereocenters. The van der Waals surface area contributed by atoms with E-state index >= 15 is 0 Å². The number of para-hydroxylation sites is 1. The Morgan fingerprint density at radius 1 is 0.362 bits per heavy atom. The number of benzene rings is 2. The fourth-order valence-corrected chi connectivity index (χ4v) is 7.06. The minimum Gasteiger partial charge on any atom is -0.457 e. The van der Waals surface area contributed by atoms with Gasteiger partial charge < -0.3 is 4.74 Å². The van der Waals surface area contributed by atoms with Gasteiger partial charge >= 0.3 is 0 Å². The molecule has 2 aromatic carbocycles. The number of rotatable bonds is 34. The first-order valence-electron chi connectivity index (χ1n) is 21.2. The van der Waals surface area contributed by atoms with Crippen LogP contribution in [-0.2, 0) is 12.8 Å². The Labute approximate surface area is 294 Å². The number of unbranched alkanes of at least 4 members (excludes halogenated alkanes) is 28. The van der Waals surface area contributed by atoms with E-state index in [2.05, 4.69) is 62.4 Å². The molecule has 0 heterocycles. The van der Waals surface area contributed by atoms with E-state index in [0.717, 1.165) is 17.9 Å². The van der Waals surface area contributed by atoms with Gasteiger partial charge in [0.15, 0.2) is 0 Å². The van der Waals surface area contributed by atoms with E-state index in [0.29, 0.717) is 0 Å². The van der Waals surface area contributed by atoms with Gasteiger partial charge in [0.1, 0.15) is 11.5 Å². The molecule has 0 saturated carbocycles. The fourth-order valence-electron chi connectivity index (χ4n) is 7.06. The molecule has 0 aromatic heterocycles. The maximum atomic E-state index is 6.45. The highest BCUT2D eigenvalue weighted by Crippen LogP contribution is 2.29. The summed E-state index contributed by atoms with van der Waals surface area (Å²) in [7, 11) is 0. The van der Waals surface area contributed by atoms with E-state index in [1.54, 1.807) is 0 Å². The van der Waals surface area contributed by atoms with Gasteiger partial charge in [0, 0.05) is 0 Å². The molecule has 1 heteroatoms. The molecule has 0 aliphatic rings. The van der Waals surface area contributed by atoms with Crippen molar-refractivity contribution < 1.29 is 4.74 Å². The van der Waals surface area contributed by atoms with Gasteiger partial charge in [-0.1, -0.05) is 224 Å². The zero-order chi connectivity index (χ0) is 33.3. The van der Waals surface area contributed by atoms with Gasteiger partial charge in [-0.25, -0.2) is 0 Å². The van der Waals surface area contributed by atoms with Crippen molar-refractivity contribution in [2.75, 3.05) is 0 Å². The van der Waals surface area contributed by atoms with E-state index in [1.165, 1.54) is 210 Å². The molecule has 2 aromatic rings. The van der Waals surface area contributed by atoms with Gasteiger partial charge in [0.05, 0.1) is 0 Å². The van der Waals surface area contributed by atoms with Crippen LogP contribution in [0.15, 0.2) is 48.5 Å². The van der Waals surface area contributed by atoms with Crippen LogP contribution >= 0.6 is 0 Å². The average Bonchev–Trinajstić information content (AvgIpc) is 3.09. The molecule has 2 rings (SSSR count). The first kappa shape index (κ1) is 41.4. The molecule has 0 unspecified atom stereocenters. The minimum absolute atomic E-state index is 0.953. The summed E-state index contributed by atoms with van der Waals surface area (Å²) in [6.45, 7) is 4.61. The van der Waals surface area contributed by atoms with Crippen molar-refractivity contribution in [3.8, 4) is 11.5 Å². The third-order valence-corrected chi connectivity index (χ3v) is 10.2. The third kappa shape index (κ3) is 24.1. The lowest BCUT2D eigenvalue weighted by molar-refractivity contribution is 0.472. The molecule has 1 nitrogen and oxygen atoms in total. The molecule has 0 aliphatic carbocycles. The quantitative estimate of drug-likeness (QED) is 0.0687. The van der Waals surface area contributed by atoms with Crippen LogP contribution in [0, 0.1) is 0 Å². The standard InChI is InChI=1S/C46H78O/c1-3-5-7-9-11-13-15-17-19-21-23-25-27-29-32-36-43-40-41-44(46(42-43)47-45-38-34-31-35-39-45)37-33-30-28-26-24-22-20-18-16-14-12-10-8-6-4-2/h31,34-35,38-42H,3-30,32-33,36-37H2,1-2H3. The number of aryl methyl sites for hydroxylation is 2. The predicted molar refractivity (Wildman–Crippen MR) is 210 cm³/mol. The zero-order valence-electron chi connectivity index (χ0n) is 31.7. The lowest BCUT2D eigenvalue weighted by Crippen LogP contribution is -1.96. The van der Waals surface area contributed by atoms with Crippen molar-refractivity contribution in [1.29, 1.82) is 0 Å². The minimum atomic E-state index is 0.953. The molecule has 0 N–H and O–H groups in total. The van der Waals surface area contributed by atoms with Gasteiger partial charge in [0.2, 0.25) is 0 Å². The Balaban J connectivity index is 1.56. The lowest BCUT2D eigenvalue weighted by atomic mass is 9.99. The van der Waals surface area contributed by atoms with E-state index in [4.69, 9.17) is 4.74 Å². The van der Waals surface area contributed by atoms with Gasteiger partial charge in [-0.3, -0.25) is 0 Å². The fraction of sp³-hybridized carbons (Fsp3) is 0.739. The van der Waals surface area contributed by atoms with Crippen molar-refractivity contribution in [1.82, 2.24) is 0 Å². The second kappa shape index (κ2) is 31.5. The number of hydrogen-bond donors (Lipinski definition) is 0. The molecule has 268 valence electrons. The molecule has 0 radical (unpaired) electrons. The molecule has 0 bridgehead atoms. The van der Waals surface area contributed by atoms with Crippen LogP contribution < -0.4 is 4.74 Å². The van der Waals surface area contributed by atoms with Gasteiger partial charge in [-0.05, 0) is 55.0 Å². The van der Waals surface area contributed by atoms with Crippen LogP contribution in [0.2, 0.25) is 0 Å². The smallest absolute Gasteiger partial charge is 0.130 e. The largest absolute Gasteiger partial charge is 0.457 e. The third-order valence-electron chi connectivity index (χ3n) is 10.2. The number of ether oxygens (including phenoxy) is 1. The molecule has 0 aliphatic heterocycles.